The van der Waals surface area contributed by atoms with E-state index in [2.05, 4.69) is 228 Å². The van der Waals surface area contributed by atoms with Gasteiger partial charge in [-0.05, 0) is 173 Å². The van der Waals surface area contributed by atoms with Crippen LogP contribution in [0.2, 0.25) is 0 Å². The number of aromatic nitrogens is 1. The highest BCUT2D eigenvalue weighted by molar-refractivity contribution is 8.00. The number of thioether (sulfide) groups is 2. The van der Waals surface area contributed by atoms with Crippen LogP contribution in [0.4, 0.5) is 22.7 Å². The molecule has 13 aromatic carbocycles. The highest BCUT2D eigenvalue weighted by atomic mass is 32.2. The molecular formula is C84H53N5O4S2. The third kappa shape index (κ3) is 9.15. The predicted octanol–water partition coefficient (Wildman–Crippen LogP) is 22.8. The first kappa shape index (κ1) is 55.9. The van der Waals surface area contributed by atoms with E-state index in [9.17, 15) is 10.5 Å². The first-order valence-corrected chi connectivity index (χ1v) is 33.3. The van der Waals surface area contributed by atoms with Gasteiger partial charge >= 0.3 is 0 Å². The molecule has 95 heavy (non-hydrogen) atoms. The molecule has 11 heteroatoms. The molecule has 0 saturated heterocycles. The van der Waals surface area contributed by atoms with E-state index < -0.39 is 11.1 Å². The summed E-state index contributed by atoms with van der Waals surface area (Å²) in [6.07, 6.45) is 0. The van der Waals surface area contributed by atoms with Crippen LogP contribution in [-0.4, -0.2) is 15.7 Å². The minimum absolute atomic E-state index is 0.595. The van der Waals surface area contributed by atoms with Gasteiger partial charge in [-0.2, -0.15) is 10.5 Å². The average Bonchev–Trinajstić information content (AvgIpc) is 1.52. The number of rotatable bonds is 11. The van der Waals surface area contributed by atoms with Crippen LogP contribution in [0.25, 0.3) is 116 Å². The number of nitrogens with zero attached hydrogens (tertiary/aromatic N) is 5. The van der Waals surface area contributed by atoms with E-state index in [1.807, 2.05) is 84.9 Å². The Kier molecular flexibility index (Phi) is 13.2. The molecule has 2 atom stereocenters. The van der Waals surface area contributed by atoms with Gasteiger partial charge in [0.1, 0.15) is 22.7 Å². The first-order valence-electron chi connectivity index (χ1n) is 31.5. The van der Waals surface area contributed by atoms with Gasteiger partial charge in [-0.25, -0.2) is 0 Å². The number of para-hydroxylation sites is 4. The van der Waals surface area contributed by atoms with Crippen molar-refractivity contribution in [3.05, 3.63) is 295 Å². The molecule has 0 bridgehead atoms. The summed E-state index contributed by atoms with van der Waals surface area (Å²) in [5.41, 5.74) is 18.9. The molecule has 18 rings (SSSR count). The minimum Gasteiger partial charge on any atom is -0.459 e. The van der Waals surface area contributed by atoms with Crippen LogP contribution in [0.15, 0.2) is 292 Å². The van der Waals surface area contributed by atoms with Gasteiger partial charge in [0.05, 0.1) is 55.5 Å². The number of benzene rings is 13. The Balaban J connectivity index is 0.996. The summed E-state index contributed by atoms with van der Waals surface area (Å²) >= 11 is 3.31. The number of furan rings is 2. The Morgan fingerprint density at radius 2 is 0.789 bits per heavy atom. The largest absolute Gasteiger partial charge is 0.459 e. The van der Waals surface area contributed by atoms with Crippen LogP contribution in [0, 0.1) is 36.5 Å². The van der Waals surface area contributed by atoms with E-state index in [1.54, 1.807) is 23.5 Å². The van der Waals surface area contributed by atoms with Crippen molar-refractivity contribution in [2.24, 2.45) is 0 Å². The summed E-state index contributed by atoms with van der Waals surface area (Å²) in [5, 5.41) is 26.5. The second-order valence-corrected chi connectivity index (χ2v) is 26.2. The lowest BCUT2D eigenvalue weighted by molar-refractivity contribution is 0.300. The van der Waals surface area contributed by atoms with E-state index in [-0.39, 0.29) is 0 Å². The van der Waals surface area contributed by atoms with Crippen molar-refractivity contribution in [2.45, 2.75) is 34.8 Å². The van der Waals surface area contributed by atoms with Crippen LogP contribution in [0.3, 0.4) is 0 Å². The summed E-state index contributed by atoms with van der Waals surface area (Å²) in [6.45, 7) is 4.23. The van der Waals surface area contributed by atoms with Gasteiger partial charge < -0.3 is 22.9 Å². The summed E-state index contributed by atoms with van der Waals surface area (Å²) in [5.74, 6) is 1.59. The van der Waals surface area contributed by atoms with E-state index >= 15 is 0 Å². The van der Waals surface area contributed by atoms with Gasteiger partial charge in [0.15, 0.2) is 11.2 Å². The van der Waals surface area contributed by atoms with Crippen LogP contribution in [0.1, 0.15) is 22.3 Å². The monoisotopic (exact) mass is 1260 g/mol. The Morgan fingerprint density at radius 3 is 1.23 bits per heavy atom. The van der Waals surface area contributed by atoms with Crippen molar-refractivity contribution in [3.63, 3.8) is 0 Å². The first-order chi connectivity index (χ1) is 46.8. The maximum absolute atomic E-state index is 10.4. The van der Waals surface area contributed by atoms with Gasteiger partial charge in [-0.1, -0.05) is 193 Å². The van der Waals surface area contributed by atoms with E-state index in [0.717, 1.165) is 160 Å². The third-order valence-corrected chi connectivity index (χ3v) is 20.7. The van der Waals surface area contributed by atoms with Crippen LogP contribution in [-0.2, 0) is 0 Å². The number of aryl methyl sites for hydroxylation is 2. The molecule has 0 radical (unpaired) electrons. The molecule has 5 heterocycles. The minimum atomic E-state index is -0.595. The Bertz CT molecular complexity index is 5510. The molecule has 0 amide bonds. The maximum Gasteiger partial charge on any atom is 0.230 e. The van der Waals surface area contributed by atoms with Crippen molar-refractivity contribution in [3.8, 4) is 73.8 Å². The topological polar surface area (TPSA) is 104 Å². The van der Waals surface area contributed by atoms with Crippen molar-refractivity contribution in [1.82, 2.24) is 4.57 Å². The molecule has 2 aliphatic heterocycles. The molecule has 0 fully saturated rings. The molecular weight excluding hydrogens is 1210 g/mol. The quantitative estimate of drug-likeness (QED) is 0.124. The van der Waals surface area contributed by atoms with E-state index in [0.29, 0.717) is 22.3 Å². The molecule has 16 aromatic rings. The molecule has 9 nitrogen and oxygen atoms in total. The van der Waals surface area contributed by atoms with Gasteiger partial charge in [0.25, 0.3) is 0 Å². The number of fused-ring (bicyclic) bond motifs is 13. The molecule has 0 N–H and O–H groups in total. The molecule has 450 valence electrons. The summed E-state index contributed by atoms with van der Waals surface area (Å²) < 4.78 is 31.7. The summed E-state index contributed by atoms with van der Waals surface area (Å²) in [4.78, 5) is 6.64. The van der Waals surface area contributed by atoms with Crippen molar-refractivity contribution < 1.29 is 18.3 Å². The second kappa shape index (κ2) is 22.5. The molecule has 0 aliphatic carbocycles. The lowest BCUT2D eigenvalue weighted by Gasteiger charge is -2.30. The lowest BCUT2D eigenvalue weighted by atomic mass is 9.95. The molecule has 0 saturated carbocycles. The zero-order chi connectivity index (χ0) is 63.4. The SMILES string of the molecule is Cc1cc(N(c2cc3c(c4c2oc2ccccc24)c2c4c(oc5ccccc54)c(N(c4ccc(-c5ccccc5C#N)c(C)c4)C4Oc5ccccc5S4)cc2n3-c2cc(-c3ccccc3)cc(-c3ccccc3)c2)C2Oc3ccccc3S2)ccc1-c1ccccc1C#N. The number of hydrogen-bond acceptors (Lipinski definition) is 10. The molecule has 2 unspecified atom stereocenters. The van der Waals surface area contributed by atoms with Gasteiger partial charge in [0.2, 0.25) is 11.1 Å². The highest BCUT2D eigenvalue weighted by Gasteiger charge is 2.38. The van der Waals surface area contributed by atoms with Crippen LogP contribution in [0.5, 0.6) is 11.5 Å². The Hall–Kier alpha value is -11.9. The maximum atomic E-state index is 10.4. The molecule has 3 aromatic heterocycles. The van der Waals surface area contributed by atoms with Gasteiger partial charge in [-0.15, -0.1) is 0 Å². The van der Waals surface area contributed by atoms with Crippen molar-refractivity contribution in [1.29, 1.82) is 10.5 Å². The highest BCUT2D eigenvalue weighted by Crippen LogP contribution is 2.56. The van der Waals surface area contributed by atoms with Crippen molar-refractivity contribution in [2.75, 3.05) is 9.80 Å². The standard InChI is InChI=1S/C84H53N5O4S2/c1-50-41-58(37-39-61(50)63-27-11-9-25-54(63)48-85)88(83-92-73-33-17-19-35-75(73)94-83)69-46-67-79(77-65-29-13-15-31-71(65)90-81(69)77)80-68(87(67)60-44-56(52-21-5-3-6-22-52)43-57(45-60)53-23-7-4-8-24-53)47-70(82-78(80)66-30-14-16-32-72(66)91-82)89(84-93-74-34-18-20-36-76(74)95-84)59-38-40-62(51(2)42-59)64-28-12-10-26-55(64)49-86/h3-47,83-84H,1-2H3. The second-order valence-electron chi connectivity index (χ2n) is 24.1. The molecule has 0 spiro atoms. The fourth-order valence-electron chi connectivity index (χ4n) is 14.3. The number of hydrogen-bond donors (Lipinski definition) is 0. The van der Waals surface area contributed by atoms with Crippen LogP contribution < -0.4 is 19.3 Å². The normalized spacial score (nSPS) is 14.1. The lowest BCUT2D eigenvalue weighted by Crippen LogP contribution is -2.31. The zero-order valence-electron chi connectivity index (χ0n) is 51.3. The predicted molar refractivity (Wildman–Crippen MR) is 387 cm³/mol. The smallest absolute Gasteiger partial charge is 0.230 e. The summed E-state index contributed by atoms with van der Waals surface area (Å²) in [7, 11) is 0. The third-order valence-electron chi connectivity index (χ3n) is 18.5. The number of ether oxygens (including phenoxy) is 2. The fourth-order valence-corrected chi connectivity index (χ4v) is 16.5. The Morgan fingerprint density at radius 1 is 0.379 bits per heavy atom. The van der Waals surface area contributed by atoms with E-state index in [4.69, 9.17) is 18.3 Å². The van der Waals surface area contributed by atoms with Crippen molar-refractivity contribution >= 4 is 112 Å². The average molecular weight is 1260 g/mol. The number of nitriles is 2. The number of anilines is 4. The fraction of sp³-hybridized carbons (Fsp3) is 0.0476. The molecule has 2 aliphatic rings. The zero-order valence-corrected chi connectivity index (χ0v) is 53.0. The van der Waals surface area contributed by atoms with Gasteiger partial charge in [0, 0.05) is 49.4 Å². The summed E-state index contributed by atoms with van der Waals surface area (Å²) in [6, 6.07) is 99.5. The van der Waals surface area contributed by atoms with Crippen LogP contribution >= 0.6 is 23.5 Å². The van der Waals surface area contributed by atoms with E-state index in [1.165, 1.54) is 0 Å². The Labute approximate surface area is 555 Å². The van der Waals surface area contributed by atoms with Gasteiger partial charge in [-0.3, -0.25) is 9.80 Å².